The van der Waals surface area contributed by atoms with Gasteiger partial charge in [0.15, 0.2) is 0 Å². The van der Waals surface area contributed by atoms with E-state index in [4.69, 9.17) is 4.74 Å². The smallest absolute Gasteiger partial charge is 0.321 e. The molecule has 1 heterocycles. The Labute approximate surface area is 174 Å². The Morgan fingerprint density at radius 1 is 1.03 bits per heavy atom. The zero-order valence-corrected chi connectivity index (χ0v) is 17.5. The monoisotopic (exact) mass is 395 g/mol. The van der Waals surface area contributed by atoms with E-state index in [2.05, 4.69) is 41.8 Å². The van der Waals surface area contributed by atoms with E-state index in [9.17, 15) is 4.79 Å². The van der Waals surface area contributed by atoms with Gasteiger partial charge in [-0.05, 0) is 61.6 Å². The zero-order valence-electron chi connectivity index (χ0n) is 17.5. The molecule has 29 heavy (non-hydrogen) atoms. The standard InChI is InChI=1S/C24H33N3O2/c1-20-7-6-9-23(19-20)29-18-5-3-2-4-8-21-10-12-22(13-11-21)26-24(28)27-16-14-25-15-17-27/h6-7,9-13,19,25H,2-5,8,14-18H2,1H3,(H,26,28). The van der Waals surface area contributed by atoms with Crippen molar-refractivity contribution in [2.24, 2.45) is 0 Å². The number of anilines is 1. The van der Waals surface area contributed by atoms with Gasteiger partial charge in [-0.15, -0.1) is 0 Å². The second-order valence-corrected chi connectivity index (χ2v) is 7.69. The lowest BCUT2D eigenvalue weighted by Crippen LogP contribution is -2.48. The lowest BCUT2D eigenvalue weighted by atomic mass is 10.1. The first-order valence-corrected chi connectivity index (χ1v) is 10.8. The highest BCUT2D eigenvalue weighted by Crippen LogP contribution is 2.15. The molecule has 2 N–H and O–H groups in total. The molecule has 1 aliphatic rings. The number of aryl methyl sites for hydroxylation is 2. The summed E-state index contributed by atoms with van der Waals surface area (Å²) < 4.78 is 5.80. The molecular weight excluding hydrogens is 362 g/mol. The third-order valence-corrected chi connectivity index (χ3v) is 5.23. The molecule has 0 saturated carbocycles. The maximum absolute atomic E-state index is 12.2. The number of urea groups is 1. The lowest BCUT2D eigenvalue weighted by Gasteiger charge is -2.27. The van der Waals surface area contributed by atoms with Gasteiger partial charge >= 0.3 is 6.03 Å². The number of hydrogen-bond donors (Lipinski definition) is 2. The van der Waals surface area contributed by atoms with Gasteiger partial charge in [-0.3, -0.25) is 0 Å². The van der Waals surface area contributed by atoms with Crippen molar-refractivity contribution in [1.82, 2.24) is 10.2 Å². The summed E-state index contributed by atoms with van der Waals surface area (Å²) in [5.41, 5.74) is 3.42. The van der Waals surface area contributed by atoms with E-state index >= 15 is 0 Å². The highest BCUT2D eigenvalue weighted by Gasteiger charge is 2.15. The summed E-state index contributed by atoms with van der Waals surface area (Å²) in [6, 6.07) is 16.5. The molecule has 0 bridgehead atoms. The minimum atomic E-state index is -0.00728. The number of amides is 2. The van der Waals surface area contributed by atoms with Crippen LogP contribution in [0.25, 0.3) is 0 Å². The first-order chi connectivity index (χ1) is 14.2. The van der Waals surface area contributed by atoms with Crippen molar-refractivity contribution in [2.45, 2.75) is 39.0 Å². The van der Waals surface area contributed by atoms with Crippen molar-refractivity contribution in [3.05, 3.63) is 59.7 Å². The van der Waals surface area contributed by atoms with E-state index in [0.717, 1.165) is 57.1 Å². The third kappa shape index (κ3) is 7.42. The second-order valence-electron chi connectivity index (χ2n) is 7.69. The summed E-state index contributed by atoms with van der Waals surface area (Å²) >= 11 is 0. The molecule has 1 saturated heterocycles. The number of carbonyl (C=O) groups is 1. The van der Waals surface area contributed by atoms with Crippen LogP contribution in [0, 0.1) is 6.92 Å². The highest BCUT2D eigenvalue weighted by atomic mass is 16.5. The van der Waals surface area contributed by atoms with Crippen molar-refractivity contribution in [3.63, 3.8) is 0 Å². The molecule has 0 aliphatic carbocycles. The van der Waals surface area contributed by atoms with E-state index in [1.54, 1.807) is 0 Å². The minimum Gasteiger partial charge on any atom is -0.494 e. The minimum absolute atomic E-state index is 0.00728. The molecule has 0 unspecified atom stereocenters. The van der Waals surface area contributed by atoms with Crippen LogP contribution in [0.1, 0.15) is 36.8 Å². The number of unbranched alkanes of at least 4 members (excludes halogenated alkanes) is 3. The van der Waals surface area contributed by atoms with Crippen LogP contribution in [0.5, 0.6) is 5.75 Å². The SMILES string of the molecule is Cc1cccc(OCCCCCCc2ccc(NC(=O)N3CCNCC3)cc2)c1. The van der Waals surface area contributed by atoms with Crippen molar-refractivity contribution < 1.29 is 9.53 Å². The molecule has 1 fully saturated rings. The summed E-state index contributed by atoms with van der Waals surface area (Å²) in [4.78, 5) is 14.1. The average molecular weight is 396 g/mol. The van der Waals surface area contributed by atoms with Crippen LogP contribution in [-0.2, 0) is 6.42 Å². The normalized spacial score (nSPS) is 13.9. The van der Waals surface area contributed by atoms with E-state index in [0.29, 0.717) is 0 Å². The number of ether oxygens (including phenoxy) is 1. The lowest BCUT2D eigenvalue weighted by molar-refractivity contribution is 0.204. The Hall–Kier alpha value is -2.53. The Bertz CT molecular complexity index is 755. The van der Waals surface area contributed by atoms with Crippen LogP contribution >= 0.6 is 0 Å². The maximum Gasteiger partial charge on any atom is 0.321 e. The molecule has 1 aliphatic heterocycles. The maximum atomic E-state index is 12.2. The number of rotatable bonds is 9. The summed E-state index contributed by atoms with van der Waals surface area (Å²) in [7, 11) is 0. The molecule has 2 aromatic rings. The first kappa shape index (κ1) is 21.2. The van der Waals surface area contributed by atoms with Gasteiger partial charge in [0.05, 0.1) is 6.61 Å². The first-order valence-electron chi connectivity index (χ1n) is 10.8. The van der Waals surface area contributed by atoms with Gasteiger partial charge in [-0.2, -0.15) is 0 Å². The largest absolute Gasteiger partial charge is 0.494 e. The Morgan fingerprint density at radius 3 is 2.55 bits per heavy atom. The number of nitrogens with one attached hydrogen (secondary N) is 2. The molecule has 0 aromatic heterocycles. The summed E-state index contributed by atoms with van der Waals surface area (Å²) in [5, 5.41) is 6.25. The molecule has 5 nitrogen and oxygen atoms in total. The fourth-order valence-electron chi connectivity index (χ4n) is 3.51. The van der Waals surface area contributed by atoms with Gasteiger partial charge in [-0.25, -0.2) is 4.79 Å². The quantitative estimate of drug-likeness (QED) is 0.610. The van der Waals surface area contributed by atoms with Crippen molar-refractivity contribution in [2.75, 3.05) is 38.1 Å². The summed E-state index contributed by atoms with van der Waals surface area (Å²) in [6.07, 6.45) is 5.73. The van der Waals surface area contributed by atoms with E-state index in [1.165, 1.54) is 30.4 Å². The van der Waals surface area contributed by atoms with Crippen LogP contribution < -0.4 is 15.4 Å². The Morgan fingerprint density at radius 2 is 1.79 bits per heavy atom. The molecule has 2 amide bonds. The van der Waals surface area contributed by atoms with E-state index in [-0.39, 0.29) is 6.03 Å². The van der Waals surface area contributed by atoms with Crippen molar-refractivity contribution in [1.29, 1.82) is 0 Å². The van der Waals surface area contributed by atoms with Gasteiger partial charge < -0.3 is 20.3 Å². The second kappa shape index (κ2) is 11.5. The molecule has 0 spiro atoms. The third-order valence-electron chi connectivity index (χ3n) is 5.23. The van der Waals surface area contributed by atoms with Crippen LogP contribution in [-0.4, -0.2) is 43.7 Å². The van der Waals surface area contributed by atoms with Gasteiger partial charge in [0.25, 0.3) is 0 Å². The zero-order chi connectivity index (χ0) is 20.3. The van der Waals surface area contributed by atoms with Gasteiger partial charge in [0.1, 0.15) is 5.75 Å². The molecule has 5 heteroatoms. The predicted octanol–water partition coefficient (Wildman–Crippen LogP) is 4.61. The highest BCUT2D eigenvalue weighted by molar-refractivity contribution is 5.89. The predicted molar refractivity (Wildman–Crippen MR) is 119 cm³/mol. The molecule has 0 radical (unpaired) electrons. The summed E-state index contributed by atoms with van der Waals surface area (Å²) in [5.74, 6) is 0.967. The fourth-order valence-corrected chi connectivity index (χ4v) is 3.51. The number of piperazine rings is 1. The van der Waals surface area contributed by atoms with Crippen LogP contribution in [0.3, 0.4) is 0 Å². The van der Waals surface area contributed by atoms with Crippen LogP contribution in [0.2, 0.25) is 0 Å². The molecular formula is C24H33N3O2. The van der Waals surface area contributed by atoms with Crippen molar-refractivity contribution >= 4 is 11.7 Å². The number of benzene rings is 2. The molecule has 156 valence electrons. The van der Waals surface area contributed by atoms with Gasteiger partial charge in [-0.1, -0.05) is 37.1 Å². The molecule has 2 aromatic carbocycles. The van der Waals surface area contributed by atoms with Crippen LogP contribution in [0.15, 0.2) is 48.5 Å². The number of hydrogen-bond acceptors (Lipinski definition) is 3. The topological polar surface area (TPSA) is 53.6 Å². The fraction of sp³-hybridized carbons (Fsp3) is 0.458. The summed E-state index contributed by atoms with van der Waals surface area (Å²) in [6.45, 7) is 6.12. The Kier molecular flexibility index (Phi) is 8.38. The molecule has 0 atom stereocenters. The van der Waals surface area contributed by atoms with Crippen molar-refractivity contribution in [3.8, 4) is 5.75 Å². The van der Waals surface area contributed by atoms with E-state index < -0.39 is 0 Å². The number of nitrogens with zero attached hydrogens (tertiary/aromatic N) is 1. The van der Waals surface area contributed by atoms with Gasteiger partial charge in [0.2, 0.25) is 0 Å². The van der Waals surface area contributed by atoms with E-state index in [1.807, 2.05) is 29.2 Å². The number of carbonyl (C=O) groups excluding carboxylic acids is 1. The van der Waals surface area contributed by atoms with Gasteiger partial charge in [0, 0.05) is 31.9 Å². The Balaban J connectivity index is 1.27. The average Bonchev–Trinajstić information content (AvgIpc) is 2.75. The van der Waals surface area contributed by atoms with Crippen LogP contribution in [0.4, 0.5) is 10.5 Å². The molecule has 3 rings (SSSR count).